The zero-order chi connectivity index (χ0) is 17.4. The number of aryl methyl sites for hydroxylation is 1. The third-order valence-corrected chi connectivity index (χ3v) is 5.20. The molecule has 3 rings (SSSR count). The second kappa shape index (κ2) is 6.88. The number of nitrogens with zero attached hydrogens (tertiary/aromatic N) is 2. The lowest BCUT2D eigenvalue weighted by atomic mass is 9.93. The zero-order valence-electron chi connectivity index (χ0n) is 13.0. The number of aliphatic hydroxyl groups is 4. The number of nitriles is 1. The van der Waals surface area contributed by atoms with Crippen molar-refractivity contribution < 1.29 is 25.2 Å². The molecule has 0 aromatic carbocycles. The van der Waals surface area contributed by atoms with Crippen molar-refractivity contribution in [1.29, 1.82) is 5.26 Å². The topological polar surface area (TPSA) is 119 Å². The second-order valence-electron chi connectivity index (χ2n) is 6.24. The van der Waals surface area contributed by atoms with Gasteiger partial charge >= 0.3 is 0 Å². The zero-order valence-corrected chi connectivity index (χ0v) is 13.8. The molecule has 2 heterocycles. The van der Waals surface area contributed by atoms with Crippen molar-refractivity contribution in [3.63, 3.8) is 0 Å². The number of aromatic nitrogens is 1. The van der Waals surface area contributed by atoms with E-state index >= 15 is 0 Å². The van der Waals surface area contributed by atoms with Gasteiger partial charge in [-0.25, -0.2) is 0 Å². The van der Waals surface area contributed by atoms with Crippen molar-refractivity contribution in [1.82, 2.24) is 4.57 Å². The molecule has 0 radical (unpaired) electrons. The number of aliphatic hydroxyl groups excluding tert-OH is 4. The molecule has 1 aliphatic carbocycles. The molecule has 130 valence electrons. The predicted molar refractivity (Wildman–Crippen MR) is 85.6 cm³/mol. The van der Waals surface area contributed by atoms with Crippen LogP contribution in [0.2, 0.25) is 0 Å². The molecule has 4 N–H and O–H groups in total. The van der Waals surface area contributed by atoms with Crippen LogP contribution in [0.1, 0.15) is 35.9 Å². The molecular weight excluding hydrogens is 332 g/mol. The molecule has 1 aromatic rings. The van der Waals surface area contributed by atoms with E-state index in [9.17, 15) is 25.7 Å². The van der Waals surface area contributed by atoms with Crippen LogP contribution in [-0.4, -0.2) is 56.0 Å². The lowest BCUT2D eigenvalue weighted by Crippen LogP contribution is -2.56. The van der Waals surface area contributed by atoms with Gasteiger partial charge in [0.05, 0.1) is 12.2 Å². The van der Waals surface area contributed by atoms with Crippen molar-refractivity contribution in [2.45, 2.75) is 56.3 Å². The Bertz CT molecular complexity index is 726. The Labute approximate surface area is 144 Å². The fourth-order valence-electron chi connectivity index (χ4n) is 3.48. The highest BCUT2D eigenvalue weighted by Gasteiger charge is 2.45. The van der Waals surface area contributed by atoms with Crippen LogP contribution in [0.4, 0.5) is 0 Å². The summed E-state index contributed by atoms with van der Waals surface area (Å²) in [7, 11) is 0. The van der Waals surface area contributed by atoms with Crippen LogP contribution in [-0.2, 0) is 17.6 Å². The molecule has 0 saturated carbocycles. The Balaban J connectivity index is 2.14. The first-order valence-electron chi connectivity index (χ1n) is 7.97. The van der Waals surface area contributed by atoms with E-state index in [1.54, 1.807) is 10.6 Å². The highest BCUT2D eigenvalue weighted by atomic mass is 32.1. The summed E-state index contributed by atoms with van der Waals surface area (Å²) in [5.41, 5.74) is 2.15. The molecule has 0 unspecified atom stereocenters. The molecule has 1 fully saturated rings. The van der Waals surface area contributed by atoms with Gasteiger partial charge in [-0.05, 0) is 37.3 Å². The predicted octanol–water partition coefficient (Wildman–Crippen LogP) is -0.0595. The summed E-state index contributed by atoms with van der Waals surface area (Å²) in [5, 5.41) is 49.1. The van der Waals surface area contributed by atoms with Gasteiger partial charge in [0, 0.05) is 5.69 Å². The molecule has 5 atom stereocenters. The van der Waals surface area contributed by atoms with E-state index in [-0.39, 0.29) is 4.64 Å². The van der Waals surface area contributed by atoms with E-state index in [4.69, 9.17) is 17.0 Å². The minimum atomic E-state index is -1.48. The van der Waals surface area contributed by atoms with Gasteiger partial charge in [-0.2, -0.15) is 5.26 Å². The Morgan fingerprint density at radius 2 is 1.92 bits per heavy atom. The van der Waals surface area contributed by atoms with Crippen molar-refractivity contribution in [3.05, 3.63) is 27.5 Å². The lowest BCUT2D eigenvalue weighted by molar-refractivity contribution is -0.252. The standard InChI is InChI=1S/C16H20N2O5S/c17-6-9-5-8-3-1-2-4-10(8)18(16(9)24)15-14(22)13(21)12(20)11(7-19)23-15/h5,11-15,19-22H,1-4,7H2/t11-,12+,13+,14-,15-/m0/s1. The summed E-state index contributed by atoms with van der Waals surface area (Å²) in [6.45, 7) is -0.505. The van der Waals surface area contributed by atoms with Crippen LogP contribution in [0.5, 0.6) is 0 Å². The first-order chi connectivity index (χ1) is 11.5. The summed E-state index contributed by atoms with van der Waals surface area (Å²) >= 11 is 5.40. The second-order valence-corrected chi connectivity index (χ2v) is 6.63. The van der Waals surface area contributed by atoms with Gasteiger partial charge in [-0.1, -0.05) is 12.2 Å². The smallest absolute Gasteiger partial charge is 0.164 e. The summed E-state index contributed by atoms with van der Waals surface area (Å²) < 4.78 is 7.44. The summed E-state index contributed by atoms with van der Waals surface area (Å²) in [6, 6.07) is 3.84. The Morgan fingerprint density at radius 3 is 2.58 bits per heavy atom. The van der Waals surface area contributed by atoms with E-state index in [1.165, 1.54) is 0 Å². The van der Waals surface area contributed by atoms with Crippen LogP contribution >= 0.6 is 12.2 Å². The van der Waals surface area contributed by atoms with Gasteiger partial charge in [0.15, 0.2) is 6.23 Å². The summed E-state index contributed by atoms with van der Waals surface area (Å²) in [4.78, 5) is 0. The molecule has 1 aliphatic heterocycles. The van der Waals surface area contributed by atoms with E-state index < -0.39 is 37.3 Å². The van der Waals surface area contributed by atoms with Crippen molar-refractivity contribution in [2.75, 3.05) is 6.61 Å². The number of hydrogen-bond acceptors (Lipinski definition) is 7. The molecule has 1 saturated heterocycles. The Kier molecular flexibility index (Phi) is 5.01. The minimum absolute atomic E-state index is 0.225. The number of hydrogen-bond donors (Lipinski definition) is 4. The van der Waals surface area contributed by atoms with E-state index in [0.29, 0.717) is 5.56 Å². The van der Waals surface area contributed by atoms with Crippen LogP contribution < -0.4 is 0 Å². The quantitative estimate of drug-likeness (QED) is 0.551. The highest BCUT2D eigenvalue weighted by Crippen LogP contribution is 2.33. The monoisotopic (exact) mass is 352 g/mol. The minimum Gasteiger partial charge on any atom is -0.394 e. The first-order valence-corrected chi connectivity index (χ1v) is 8.38. The third kappa shape index (κ3) is 2.77. The van der Waals surface area contributed by atoms with Gasteiger partial charge in [-0.3, -0.25) is 0 Å². The van der Waals surface area contributed by atoms with Gasteiger partial charge in [0.25, 0.3) is 0 Å². The van der Waals surface area contributed by atoms with Crippen LogP contribution in [0.15, 0.2) is 6.07 Å². The largest absolute Gasteiger partial charge is 0.394 e. The number of ether oxygens (including phenoxy) is 1. The lowest BCUT2D eigenvalue weighted by Gasteiger charge is -2.42. The Hall–Kier alpha value is -1.34. The van der Waals surface area contributed by atoms with E-state index in [1.807, 2.05) is 0 Å². The van der Waals surface area contributed by atoms with Gasteiger partial charge < -0.3 is 29.7 Å². The van der Waals surface area contributed by atoms with Crippen LogP contribution in [0, 0.1) is 16.0 Å². The van der Waals surface area contributed by atoms with Crippen LogP contribution in [0.25, 0.3) is 0 Å². The highest BCUT2D eigenvalue weighted by molar-refractivity contribution is 7.71. The van der Waals surface area contributed by atoms with Crippen LogP contribution in [0.3, 0.4) is 0 Å². The van der Waals surface area contributed by atoms with Gasteiger partial charge in [-0.15, -0.1) is 0 Å². The average Bonchev–Trinajstić information content (AvgIpc) is 2.60. The fourth-order valence-corrected chi connectivity index (χ4v) is 3.79. The van der Waals surface area contributed by atoms with Crippen molar-refractivity contribution >= 4 is 12.2 Å². The van der Waals surface area contributed by atoms with Crippen molar-refractivity contribution in [3.8, 4) is 6.07 Å². The maximum absolute atomic E-state index is 10.4. The van der Waals surface area contributed by atoms with Gasteiger partial charge in [0.1, 0.15) is 35.1 Å². The fraction of sp³-hybridized carbons (Fsp3) is 0.625. The maximum Gasteiger partial charge on any atom is 0.164 e. The summed E-state index contributed by atoms with van der Waals surface area (Å²) in [6.07, 6.45) is -2.92. The van der Waals surface area contributed by atoms with Crippen molar-refractivity contribution in [2.24, 2.45) is 0 Å². The molecule has 0 spiro atoms. The molecule has 7 nitrogen and oxygen atoms in total. The van der Waals surface area contributed by atoms with E-state index in [2.05, 4.69) is 6.07 Å². The molecule has 2 aliphatic rings. The van der Waals surface area contributed by atoms with Gasteiger partial charge in [0.2, 0.25) is 0 Å². The number of rotatable bonds is 2. The SMILES string of the molecule is N#Cc1cc2c(n([C@H]3O[C@@H](CO)[C@@H](O)[C@@H](O)[C@@H]3O)c1=S)CCCC2. The van der Waals surface area contributed by atoms with E-state index in [0.717, 1.165) is 36.9 Å². The molecular formula is C16H20N2O5S. The number of pyridine rings is 1. The molecule has 0 bridgehead atoms. The third-order valence-electron chi connectivity index (χ3n) is 4.78. The molecule has 0 amide bonds. The first kappa shape index (κ1) is 17.5. The summed E-state index contributed by atoms with van der Waals surface area (Å²) in [5.74, 6) is 0. The molecule has 1 aromatic heterocycles. The Morgan fingerprint density at radius 1 is 1.21 bits per heavy atom. The number of fused-ring (bicyclic) bond motifs is 1. The average molecular weight is 352 g/mol. The molecule has 8 heteroatoms. The maximum atomic E-state index is 10.4. The molecule has 24 heavy (non-hydrogen) atoms. The normalized spacial score (nSPS) is 32.9.